The van der Waals surface area contributed by atoms with Gasteiger partial charge in [-0.3, -0.25) is 0 Å². The minimum Gasteiger partial charge on any atom is -0.461 e. The molecule has 2 heterocycles. The Morgan fingerprint density at radius 1 is 1.35 bits per heavy atom. The van der Waals surface area contributed by atoms with Crippen LogP contribution in [0.2, 0.25) is 0 Å². The predicted octanol–water partition coefficient (Wildman–Crippen LogP) is 3.58. The number of aromatic nitrogens is 3. The van der Waals surface area contributed by atoms with Gasteiger partial charge in [0.25, 0.3) is 0 Å². The molecule has 0 aromatic carbocycles. The molecule has 0 unspecified atom stereocenters. The molecule has 1 aliphatic carbocycles. The van der Waals surface area contributed by atoms with Crippen molar-refractivity contribution < 1.29 is 22.7 Å². The lowest BCUT2D eigenvalue weighted by atomic mass is 10.0. The normalized spacial score (nSPS) is 16.2. The number of rotatable bonds is 3. The minimum atomic E-state index is -4.58. The van der Waals surface area contributed by atoms with Crippen LogP contribution in [0.5, 0.6) is 0 Å². The summed E-state index contributed by atoms with van der Waals surface area (Å²) in [5.74, 6) is -0.726. The number of halogens is 3. The van der Waals surface area contributed by atoms with Crippen molar-refractivity contribution in [2.24, 2.45) is 0 Å². The highest BCUT2D eigenvalue weighted by Crippen LogP contribution is 2.36. The van der Waals surface area contributed by atoms with Gasteiger partial charge in [-0.2, -0.15) is 18.3 Å². The average molecular weight is 327 g/mol. The lowest BCUT2D eigenvalue weighted by molar-refractivity contribution is -0.142. The van der Waals surface area contributed by atoms with E-state index in [9.17, 15) is 18.0 Å². The molecule has 2 aromatic rings. The number of esters is 1. The summed E-state index contributed by atoms with van der Waals surface area (Å²) >= 11 is 0. The number of carbonyl (C=O) groups is 1. The van der Waals surface area contributed by atoms with Crippen LogP contribution in [0, 0.1) is 0 Å². The highest BCUT2D eigenvalue weighted by Gasteiger charge is 2.36. The van der Waals surface area contributed by atoms with Crippen molar-refractivity contribution in [3.05, 3.63) is 29.2 Å². The summed E-state index contributed by atoms with van der Waals surface area (Å²) in [7, 11) is 0. The monoisotopic (exact) mass is 327 g/mol. The molecule has 0 aliphatic heterocycles. The molecule has 23 heavy (non-hydrogen) atoms. The minimum absolute atomic E-state index is 0.0183. The molecule has 0 spiro atoms. The van der Waals surface area contributed by atoms with Gasteiger partial charge in [0.05, 0.1) is 6.61 Å². The van der Waals surface area contributed by atoms with E-state index in [2.05, 4.69) is 10.1 Å². The third-order valence-electron chi connectivity index (χ3n) is 4.00. The summed E-state index contributed by atoms with van der Waals surface area (Å²) in [6, 6.07) is 2.29. The molecule has 1 fully saturated rings. The van der Waals surface area contributed by atoms with Gasteiger partial charge in [-0.15, -0.1) is 0 Å². The van der Waals surface area contributed by atoms with Crippen LogP contribution in [0.15, 0.2) is 12.1 Å². The Kier molecular flexibility index (Phi) is 3.99. The second kappa shape index (κ2) is 5.82. The predicted molar refractivity (Wildman–Crippen MR) is 75.2 cm³/mol. The Labute approximate surface area is 130 Å². The molecule has 8 heteroatoms. The Bertz CT molecular complexity index is 733. The molecule has 0 atom stereocenters. The number of ether oxygens (including phenoxy) is 1. The average Bonchev–Trinajstić information content (AvgIpc) is 3.14. The van der Waals surface area contributed by atoms with Crippen molar-refractivity contribution in [3.8, 4) is 0 Å². The maximum absolute atomic E-state index is 13.3. The van der Waals surface area contributed by atoms with E-state index in [0.29, 0.717) is 10.2 Å². The van der Waals surface area contributed by atoms with E-state index in [1.165, 1.54) is 6.07 Å². The molecule has 5 nitrogen and oxygen atoms in total. The molecule has 0 N–H and O–H groups in total. The lowest BCUT2D eigenvalue weighted by Crippen LogP contribution is -2.15. The van der Waals surface area contributed by atoms with Crippen LogP contribution in [0.4, 0.5) is 13.2 Å². The zero-order valence-electron chi connectivity index (χ0n) is 12.6. The van der Waals surface area contributed by atoms with Crippen LogP contribution in [0.25, 0.3) is 5.65 Å². The van der Waals surface area contributed by atoms with Gasteiger partial charge < -0.3 is 4.74 Å². The Balaban J connectivity index is 2.13. The number of nitrogens with zero attached hydrogens (tertiary/aromatic N) is 3. The quantitative estimate of drug-likeness (QED) is 0.809. The number of fused-ring (bicyclic) bond motifs is 1. The van der Waals surface area contributed by atoms with E-state index >= 15 is 0 Å². The second-order valence-electron chi connectivity index (χ2n) is 5.57. The highest BCUT2D eigenvalue weighted by atomic mass is 19.4. The van der Waals surface area contributed by atoms with Crippen LogP contribution in [0.1, 0.15) is 60.4 Å². The summed E-state index contributed by atoms with van der Waals surface area (Å²) in [5.41, 5.74) is -0.657. The Morgan fingerprint density at radius 2 is 2.04 bits per heavy atom. The van der Waals surface area contributed by atoms with E-state index in [0.717, 1.165) is 31.7 Å². The van der Waals surface area contributed by atoms with Crippen molar-refractivity contribution in [3.63, 3.8) is 0 Å². The number of hydrogen-bond acceptors (Lipinski definition) is 4. The molecule has 124 valence electrons. The van der Waals surface area contributed by atoms with Gasteiger partial charge in [-0.05, 0) is 25.8 Å². The van der Waals surface area contributed by atoms with E-state index in [1.54, 1.807) is 6.92 Å². The number of hydrogen-bond donors (Lipinski definition) is 0. The van der Waals surface area contributed by atoms with Crippen LogP contribution in [-0.4, -0.2) is 27.2 Å². The maximum atomic E-state index is 13.3. The number of alkyl halides is 3. The summed E-state index contributed by atoms with van der Waals surface area (Å²) in [6.45, 7) is 1.74. The topological polar surface area (TPSA) is 56.5 Å². The first-order chi connectivity index (χ1) is 10.9. The van der Waals surface area contributed by atoms with Gasteiger partial charge in [0.2, 0.25) is 0 Å². The van der Waals surface area contributed by atoms with E-state index in [1.807, 2.05) is 0 Å². The fourth-order valence-corrected chi connectivity index (χ4v) is 2.93. The summed E-state index contributed by atoms with van der Waals surface area (Å²) in [6.07, 6.45) is -0.927. The van der Waals surface area contributed by atoms with Gasteiger partial charge in [0.15, 0.2) is 11.3 Å². The molecule has 1 saturated carbocycles. The highest BCUT2D eigenvalue weighted by molar-refractivity contribution is 5.88. The molecule has 0 amide bonds. The fourth-order valence-electron chi connectivity index (χ4n) is 2.93. The Hall–Kier alpha value is -2.12. The van der Waals surface area contributed by atoms with Crippen molar-refractivity contribution in [1.29, 1.82) is 0 Å². The third kappa shape index (κ3) is 3.02. The van der Waals surface area contributed by atoms with Crippen molar-refractivity contribution in [2.75, 3.05) is 6.61 Å². The first-order valence-electron chi connectivity index (χ1n) is 7.55. The van der Waals surface area contributed by atoms with Crippen LogP contribution < -0.4 is 0 Å². The maximum Gasteiger partial charge on any atom is 0.433 e. The van der Waals surface area contributed by atoms with Crippen LogP contribution >= 0.6 is 0 Å². The van der Waals surface area contributed by atoms with Crippen LogP contribution in [0.3, 0.4) is 0 Å². The summed E-state index contributed by atoms with van der Waals surface area (Å²) in [5, 5.41) is 3.73. The zero-order chi connectivity index (χ0) is 16.6. The molecular formula is C15H16F3N3O2. The van der Waals surface area contributed by atoms with Gasteiger partial charge in [0, 0.05) is 17.7 Å². The molecule has 1 aliphatic rings. The van der Waals surface area contributed by atoms with Crippen molar-refractivity contribution in [2.45, 2.75) is 44.7 Å². The van der Waals surface area contributed by atoms with E-state index < -0.39 is 17.8 Å². The zero-order valence-corrected chi connectivity index (χ0v) is 12.6. The van der Waals surface area contributed by atoms with Gasteiger partial charge in [-0.25, -0.2) is 14.3 Å². The summed E-state index contributed by atoms with van der Waals surface area (Å²) in [4.78, 5) is 16.0. The molecule has 0 bridgehead atoms. The Morgan fingerprint density at radius 3 is 2.65 bits per heavy atom. The van der Waals surface area contributed by atoms with E-state index in [-0.39, 0.29) is 23.9 Å². The molecule has 0 radical (unpaired) electrons. The van der Waals surface area contributed by atoms with Gasteiger partial charge >= 0.3 is 12.1 Å². The standard InChI is InChI=1S/C15H16F3N3O2/c1-2-23-14(22)11-8-13-19-10(9-5-3-4-6-9)7-12(15(16,17)18)21(13)20-11/h7-9H,2-6H2,1H3. The molecule has 2 aromatic heterocycles. The summed E-state index contributed by atoms with van der Waals surface area (Å²) < 4.78 is 45.5. The number of carbonyl (C=O) groups excluding carboxylic acids is 1. The van der Waals surface area contributed by atoms with Crippen molar-refractivity contribution >= 4 is 11.6 Å². The second-order valence-corrected chi connectivity index (χ2v) is 5.57. The first kappa shape index (κ1) is 15.8. The first-order valence-corrected chi connectivity index (χ1v) is 7.55. The third-order valence-corrected chi connectivity index (χ3v) is 4.00. The van der Waals surface area contributed by atoms with Gasteiger partial charge in [-0.1, -0.05) is 12.8 Å². The fraction of sp³-hybridized carbons (Fsp3) is 0.533. The molecular weight excluding hydrogens is 311 g/mol. The largest absolute Gasteiger partial charge is 0.461 e. The SMILES string of the molecule is CCOC(=O)c1cc2nc(C3CCCC3)cc(C(F)(F)F)n2n1. The van der Waals surface area contributed by atoms with Crippen molar-refractivity contribution in [1.82, 2.24) is 14.6 Å². The lowest BCUT2D eigenvalue weighted by Gasteiger charge is -2.13. The smallest absolute Gasteiger partial charge is 0.433 e. The van der Waals surface area contributed by atoms with Crippen LogP contribution in [-0.2, 0) is 10.9 Å². The molecule has 3 rings (SSSR count). The van der Waals surface area contributed by atoms with E-state index in [4.69, 9.17) is 4.74 Å². The molecule has 0 saturated heterocycles. The van der Waals surface area contributed by atoms with Gasteiger partial charge in [0.1, 0.15) is 5.69 Å².